The first-order chi connectivity index (χ1) is 14.2. The minimum atomic E-state index is -0.0578. The molecule has 0 saturated heterocycles. The molecule has 0 bridgehead atoms. The third-order valence-corrected chi connectivity index (χ3v) is 6.76. The van der Waals surface area contributed by atoms with Gasteiger partial charge in [-0.1, -0.05) is 54.6 Å². The highest BCUT2D eigenvalue weighted by atomic mass is 16.5. The molecule has 3 aromatic rings. The predicted octanol–water partition coefficient (Wildman–Crippen LogP) is 6.34. The van der Waals surface area contributed by atoms with Gasteiger partial charge in [-0.3, -0.25) is 0 Å². The van der Waals surface area contributed by atoms with E-state index in [1.807, 2.05) is 6.07 Å². The second-order valence-corrected chi connectivity index (χ2v) is 8.58. The summed E-state index contributed by atoms with van der Waals surface area (Å²) in [6, 6.07) is 22.0. The smallest absolute Gasteiger partial charge is 0.166 e. The summed E-state index contributed by atoms with van der Waals surface area (Å²) in [5, 5.41) is 6.56. The summed E-state index contributed by atoms with van der Waals surface area (Å²) < 4.78 is 12.3. The molecule has 2 atom stereocenters. The van der Waals surface area contributed by atoms with Crippen LogP contribution in [-0.2, 0) is 0 Å². The molecule has 3 heteroatoms. The average molecular weight is 388 g/mol. The van der Waals surface area contributed by atoms with Gasteiger partial charge in [-0.25, -0.2) is 0 Å². The maximum absolute atomic E-state index is 6.63. The number of benzene rings is 3. The molecule has 1 aliphatic heterocycles. The van der Waals surface area contributed by atoms with Crippen molar-refractivity contribution in [1.82, 2.24) is 5.32 Å². The van der Waals surface area contributed by atoms with Crippen molar-refractivity contribution in [2.24, 2.45) is 0 Å². The molecule has 3 nitrogen and oxygen atoms in total. The Morgan fingerprint density at radius 2 is 1.76 bits per heavy atom. The molecule has 1 heterocycles. The maximum Gasteiger partial charge on any atom is 0.166 e. The van der Waals surface area contributed by atoms with Crippen molar-refractivity contribution in [3.63, 3.8) is 0 Å². The third kappa shape index (κ3) is 3.28. The van der Waals surface area contributed by atoms with Crippen LogP contribution in [-0.4, -0.2) is 12.7 Å². The van der Waals surface area contributed by atoms with Crippen molar-refractivity contribution >= 4 is 10.8 Å². The Hall–Kier alpha value is -2.52. The van der Waals surface area contributed by atoms with Crippen molar-refractivity contribution < 1.29 is 9.47 Å². The van der Waals surface area contributed by atoms with Crippen molar-refractivity contribution in [3.8, 4) is 11.5 Å². The fourth-order valence-electron chi connectivity index (χ4n) is 5.31. The lowest BCUT2D eigenvalue weighted by Crippen LogP contribution is -2.42. The van der Waals surface area contributed by atoms with Crippen molar-refractivity contribution in [1.29, 1.82) is 0 Å². The van der Waals surface area contributed by atoms with E-state index in [1.54, 1.807) is 7.11 Å². The summed E-state index contributed by atoms with van der Waals surface area (Å²) >= 11 is 0. The number of ether oxygens (including phenoxy) is 2. The van der Waals surface area contributed by atoms with Gasteiger partial charge in [-0.2, -0.15) is 0 Å². The lowest BCUT2D eigenvalue weighted by molar-refractivity contribution is 0.0321. The van der Waals surface area contributed by atoms with E-state index in [4.69, 9.17) is 9.47 Å². The lowest BCUT2D eigenvalue weighted by atomic mass is 9.85. The molecule has 0 radical (unpaired) electrons. The van der Waals surface area contributed by atoms with Crippen LogP contribution in [0.2, 0.25) is 0 Å². The minimum absolute atomic E-state index is 0.0578. The molecule has 0 aromatic heterocycles. The van der Waals surface area contributed by atoms with Crippen LogP contribution in [0.3, 0.4) is 0 Å². The largest absolute Gasteiger partial charge is 0.493 e. The van der Waals surface area contributed by atoms with Crippen LogP contribution in [0, 0.1) is 0 Å². The van der Waals surface area contributed by atoms with Crippen LogP contribution >= 0.6 is 0 Å². The summed E-state index contributed by atoms with van der Waals surface area (Å²) in [5.74, 6) is 1.78. The average Bonchev–Trinajstić information content (AvgIpc) is 3.20. The van der Waals surface area contributed by atoms with Crippen LogP contribution in [0.5, 0.6) is 11.5 Å². The zero-order valence-electron chi connectivity index (χ0n) is 17.3. The summed E-state index contributed by atoms with van der Waals surface area (Å²) in [7, 11) is 1.73. The highest BCUT2D eigenvalue weighted by Crippen LogP contribution is 2.50. The molecule has 5 rings (SSSR count). The molecule has 3 aromatic carbocycles. The summed E-state index contributed by atoms with van der Waals surface area (Å²) in [6.45, 7) is 2.28. The molecule has 2 unspecified atom stereocenters. The lowest BCUT2D eigenvalue weighted by Gasteiger charge is -2.41. The second-order valence-electron chi connectivity index (χ2n) is 8.58. The molecule has 1 N–H and O–H groups in total. The molecule has 1 saturated carbocycles. The number of rotatable bonds is 4. The Bertz CT molecular complexity index is 1020. The van der Waals surface area contributed by atoms with E-state index in [0.29, 0.717) is 0 Å². The van der Waals surface area contributed by atoms with Crippen molar-refractivity contribution in [2.45, 2.75) is 56.7 Å². The van der Waals surface area contributed by atoms with Crippen LogP contribution in [0.25, 0.3) is 10.8 Å². The van der Waals surface area contributed by atoms with E-state index >= 15 is 0 Å². The maximum atomic E-state index is 6.63. The first-order valence-corrected chi connectivity index (χ1v) is 10.8. The summed E-state index contributed by atoms with van der Waals surface area (Å²) in [4.78, 5) is 0. The summed E-state index contributed by atoms with van der Waals surface area (Å²) in [6.07, 6.45) is 5.77. The van der Waals surface area contributed by atoms with Crippen molar-refractivity contribution in [3.05, 3.63) is 71.8 Å². The van der Waals surface area contributed by atoms with Gasteiger partial charge in [0.1, 0.15) is 5.60 Å². The molecule has 150 valence electrons. The molecular weight excluding hydrogens is 358 g/mol. The van der Waals surface area contributed by atoms with Crippen LogP contribution < -0.4 is 14.8 Å². The Labute approximate surface area is 173 Å². The summed E-state index contributed by atoms with van der Waals surface area (Å²) in [5.41, 5.74) is 2.51. The topological polar surface area (TPSA) is 30.5 Å². The molecule has 2 aliphatic rings. The first kappa shape index (κ1) is 18.5. The van der Waals surface area contributed by atoms with Gasteiger partial charge in [0.15, 0.2) is 11.5 Å². The van der Waals surface area contributed by atoms with E-state index < -0.39 is 0 Å². The van der Waals surface area contributed by atoms with E-state index in [2.05, 4.69) is 66.8 Å². The van der Waals surface area contributed by atoms with E-state index in [9.17, 15) is 0 Å². The SMILES string of the molecule is COc1cccc2c1OC1(CCCC1)CC2NC(C)c1cccc2ccccc12. The van der Waals surface area contributed by atoms with E-state index in [1.165, 1.54) is 34.7 Å². The van der Waals surface area contributed by atoms with Gasteiger partial charge in [0.25, 0.3) is 0 Å². The van der Waals surface area contributed by atoms with Gasteiger partial charge in [0.05, 0.1) is 7.11 Å². The van der Waals surface area contributed by atoms with Gasteiger partial charge in [-0.15, -0.1) is 0 Å². The number of hydrogen-bond donors (Lipinski definition) is 1. The van der Waals surface area contributed by atoms with Gasteiger partial charge in [0.2, 0.25) is 0 Å². The Morgan fingerprint density at radius 1 is 1.00 bits per heavy atom. The highest BCUT2D eigenvalue weighted by Gasteiger charge is 2.44. The monoisotopic (exact) mass is 387 g/mol. The Kier molecular flexibility index (Phi) is 4.71. The molecule has 0 amide bonds. The van der Waals surface area contributed by atoms with E-state index in [-0.39, 0.29) is 17.7 Å². The highest BCUT2D eigenvalue weighted by molar-refractivity contribution is 5.86. The van der Waals surface area contributed by atoms with Gasteiger partial charge >= 0.3 is 0 Å². The fourth-order valence-corrected chi connectivity index (χ4v) is 5.31. The van der Waals surface area contributed by atoms with Crippen LogP contribution in [0.1, 0.15) is 62.2 Å². The van der Waals surface area contributed by atoms with Crippen LogP contribution in [0.15, 0.2) is 60.7 Å². The quantitative estimate of drug-likeness (QED) is 0.567. The number of hydrogen-bond acceptors (Lipinski definition) is 3. The second kappa shape index (κ2) is 7.38. The van der Waals surface area contributed by atoms with Gasteiger partial charge < -0.3 is 14.8 Å². The zero-order chi connectivity index (χ0) is 19.8. The van der Waals surface area contributed by atoms with E-state index in [0.717, 1.165) is 30.8 Å². The normalized spacial score (nSPS) is 21.0. The van der Waals surface area contributed by atoms with Gasteiger partial charge in [0, 0.05) is 24.1 Å². The number of methoxy groups -OCH3 is 1. The molecule has 1 aliphatic carbocycles. The van der Waals surface area contributed by atoms with Gasteiger partial charge in [-0.05, 0) is 55.0 Å². The Balaban J connectivity index is 1.51. The fraction of sp³-hybridized carbons (Fsp3) is 0.385. The molecule has 1 spiro atoms. The number of fused-ring (bicyclic) bond motifs is 2. The number of nitrogens with one attached hydrogen (secondary N) is 1. The first-order valence-electron chi connectivity index (χ1n) is 10.8. The molecule has 1 fully saturated rings. The third-order valence-electron chi connectivity index (χ3n) is 6.76. The van der Waals surface area contributed by atoms with Crippen molar-refractivity contribution in [2.75, 3.05) is 7.11 Å². The zero-order valence-corrected chi connectivity index (χ0v) is 17.3. The molecule has 29 heavy (non-hydrogen) atoms. The van der Waals surface area contributed by atoms with Crippen LogP contribution in [0.4, 0.5) is 0 Å². The Morgan fingerprint density at radius 3 is 2.59 bits per heavy atom. The standard InChI is InChI=1S/C26H29NO2/c1-18(20-12-7-10-19-9-3-4-11-21(19)20)27-23-17-26(15-5-6-16-26)29-25-22(23)13-8-14-24(25)28-2/h3-4,7-14,18,23,27H,5-6,15-17H2,1-2H3. The minimum Gasteiger partial charge on any atom is -0.493 e. The number of para-hydroxylation sites is 1. The molecular formula is C26H29NO2. The predicted molar refractivity (Wildman–Crippen MR) is 118 cm³/mol.